The lowest BCUT2D eigenvalue weighted by Crippen LogP contribution is -2.42. The molecule has 1 fully saturated rings. The Morgan fingerprint density at radius 3 is 2.32 bits per heavy atom. The van der Waals surface area contributed by atoms with Crippen LogP contribution in [0.3, 0.4) is 0 Å². The van der Waals surface area contributed by atoms with Gasteiger partial charge in [0.1, 0.15) is 0 Å². The molecule has 1 saturated heterocycles. The molecule has 1 aromatic carbocycles. The van der Waals surface area contributed by atoms with E-state index in [1.54, 1.807) is 18.7 Å². The number of Topliss-reactive ketones (excluding diaryl/α,β-unsaturated/α-hetero) is 2. The first-order chi connectivity index (χ1) is 14.8. The molecule has 0 aliphatic carbocycles. The van der Waals surface area contributed by atoms with E-state index in [4.69, 9.17) is 4.74 Å². The number of rotatable bonds is 6. The first-order valence-corrected chi connectivity index (χ1v) is 10.3. The van der Waals surface area contributed by atoms with Gasteiger partial charge in [-0.05, 0) is 51.3 Å². The second-order valence-electron chi connectivity index (χ2n) is 7.77. The maximum absolute atomic E-state index is 12.5. The number of ether oxygens (including phenoxy) is 1. The van der Waals surface area contributed by atoms with E-state index in [9.17, 15) is 19.2 Å². The van der Waals surface area contributed by atoms with Crippen molar-refractivity contribution >= 4 is 29.3 Å². The van der Waals surface area contributed by atoms with Crippen LogP contribution in [0.5, 0.6) is 0 Å². The van der Waals surface area contributed by atoms with Crippen LogP contribution >= 0.6 is 0 Å². The number of aryl methyl sites for hydroxylation is 1. The number of carbonyl (C=O) groups is 4. The highest BCUT2D eigenvalue weighted by atomic mass is 16.5. The first-order valence-electron chi connectivity index (χ1n) is 10.3. The number of anilines is 1. The highest BCUT2D eigenvalue weighted by molar-refractivity contribution is 6.04. The number of amides is 2. The molecule has 31 heavy (non-hydrogen) atoms. The Hall–Kier alpha value is -3.42. The topological polar surface area (TPSA) is 109 Å². The van der Waals surface area contributed by atoms with Crippen LogP contribution in [-0.2, 0) is 9.53 Å². The number of para-hydroxylation sites is 1. The van der Waals surface area contributed by atoms with Gasteiger partial charge in [0.2, 0.25) is 5.78 Å². The molecule has 3 rings (SSSR count). The van der Waals surface area contributed by atoms with E-state index >= 15 is 0 Å². The number of esters is 1. The Balaban J connectivity index is 1.48. The maximum atomic E-state index is 12.5. The van der Waals surface area contributed by atoms with Gasteiger partial charge in [0.05, 0.1) is 11.6 Å². The lowest BCUT2D eigenvalue weighted by Gasteiger charge is -2.30. The van der Waals surface area contributed by atoms with Gasteiger partial charge in [-0.1, -0.05) is 18.2 Å². The Morgan fingerprint density at radius 1 is 1.10 bits per heavy atom. The molecule has 2 N–H and O–H groups in total. The number of hydrogen-bond acceptors (Lipinski definition) is 5. The molecule has 2 aromatic rings. The van der Waals surface area contributed by atoms with Gasteiger partial charge in [-0.3, -0.25) is 14.4 Å². The van der Waals surface area contributed by atoms with Crippen molar-refractivity contribution in [2.45, 2.75) is 33.6 Å². The number of carbonyl (C=O) groups excluding carboxylic acids is 4. The standard InChI is InChI=1S/C23H27N3O5/c1-14-20(16(3)27)15(2)24-21(14)19(28)13-31-22(29)17-9-11-26(12-10-17)23(30)25-18-7-5-4-6-8-18/h4-8,17,24H,9-13H2,1-3H3,(H,25,30). The molecule has 1 aromatic heterocycles. The normalized spacial score (nSPS) is 14.2. The van der Waals surface area contributed by atoms with Crippen molar-refractivity contribution in [3.63, 3.8) is 0 Å². The number of nitrogens with one attached hydrogen (secondary N) is 2. The van der Waals surface area contributed by atoms with Crippen molar-refractivity contribution in [2.24, 2.45) is 5.92 Å². The predicted molar refractivity (Wildman–Crippen MR) is 115 cm³/mol. The second kappa shape index (κ2) is 9.59. The zero-order chi connectivity index (χ0) is 22.5. The summed E-state index contributed by atoms with van der Waals surface area (Å²) in [5.74, 6) is -1.29. The smallest absolute Gasteiger partial charge is 0.321 e. The zero-order valence-electron chi connectivity index (χ0n) is 18.0. The zero-order valence-corrected chi connectivity index (χ0v) is 18.0. The summed E-state index contributed by atoms with van der Waals surface area (Å²) < 4.78 is 5.24. The highest BCUT2D eigenvalue weighted by Gasteiger charge is 2.29. The van der Waals surface area contributed by atoms with Crippen molar-refractivity contribution in [3.05, 3.63) is 52.8 Å². The third-order valence-electron chi connectivity index (χ3n) is 5.55. The fourth-order valence-corrected chi connectivity index (χ4v) is 3.93. The number of ketones is 2. The number of aromatic amines is 1. The fourth-order valence-electron chi connectivity index (χ4n) is 3.93. The summed E-state index contributed by atoms with van der Waals surface area (Å²) >= 11 is 0. The quantitative estimate of drug-likeness (QED) is 0.544. The number of urea groups is 1. The van der Waals surface area contributed by atoms with Gasteiger partial charge in [0, 0.05) is 30.0 Å². The van der Waals surface area contributed by atoms with Crippen molar-refractivity contribution < 1.29 is 23.9 Å². The second-order valence-corrected chi connectivity index (χ2v) is 7.77. The number of aromatic nitrogens is 1. The summed E-state index contributed by atoms with van der Waals surface area (Å²) in [6.45, 7) is 5.36. The van der Waals surface area contributed by atoms with Gasteiger partial charge in [-0.25, -0.2) is 4.79 Å². The minimum absolute atomic E-state index is 0.120. The molecule has 2 amide bonds. The van der Waals surface area contributed by atoms with Gasteiger partial charge >= 0.3 is 12.0 Å². The summed E-state index contributed by atoms with van der Waals surface area (Å²) in [5.41, 5.74) is 2.71. The monoisotopic (exact) mass is 425 g/mol. The summed E-state index contributed by atoms with van der Waals surface area (Å²) in [5, 5.41) is 2.83. The van der Waals surface area contributed by atoms with Crippen LogP contribution in [0.4, 0.5) is 10.5 Å². The molecular weight excluding hydrogens is 398 g/mol. The first kappa shape index (κ1) is 22.3. The summed E-state index contributed by atoms with van der Waals surface area (Å²) in [4.78, 5) is 53.5. The molecule has 8 nitrogen and oxygen atoms in total. The van der Waals surface area contributed by atoms with Crippen molar-refractivity contribution in [1.82, 2.24) is 9.88 Å². The van der Waals surface area contributed by atoms with Gasteiger partial charge in [0.15, 0.2) is 12.4 Å². The number of H-pyrrole nitrogens is 1. The van der Waals surface area contributed by atoms with Gasteiger partial charge < -0.3 is 19.9 Å². The third kappa shape index (κ3) is 5.20. The van der Waals surface area contributed by atoms with Crippen LogP contribution in [0.2, 0.25) is 0 Å². The third-order valence-corrected chi connectivity index (χ3v) is 5.55. The molecule has 0 atom stereocenters. The number of likely N-dealkylation sites (tertiary alicyclic amines) is 1. The molecule has 0 spiro atoms. The molecule has 0 bridgehead atoms. The Kier molecular flexibility index (Phi) is 6.89. The van der Waals surface area contributed by atoms with Crippen molar-refractivity contribution in [3.8, 4) is 0 Å². The average Bonchev–Trinajstić information content (AvgIpc) is 3.06. The molecule has 0 radical (unpaired) electrons. The van der Waals surface area contributed by atoms with Crippen LogP contribution in [0, 0.1) is 19.8 Å². The molecule has 0 unspecified atom stereocenters. The Bertz CT molecular complexity index is 988. The Labute approximate surface area is 181 Å². The van der Waals surface area contributed by atoms with E-state index in [-0.39, 0.29) is 30.1 Å². The molecule has 1 aliphatic rings. The van der Waals surface area contributed by atoms with Crippen LogP contribution in [0.15, 0.2) is 30.3 Å². The minimum Gasteiger partial charge on any atom is -0.457 e. The van der Waals surface area contributed by atoms with E-state index in [2.05, 4.69) is 10.3 Å². The highest BCUT2D eigenvalue weighted by Crippen LogP contribution is 2.21. The van der Waals surface area contributed by atoms with E-state index in [1.165, 1.54) is 6.92 Å². The molecule has 164 valence electrons. The van der Waals surface area contributed by atoms with Gasteiger partial charge in [-0.15, -0.1) is 0 Å². The van der Waals surface area contributed by atoms with Gasteiger partial charge in [-0.2, -0.15) is 0 Å². The van der Waals surface area contributed by atoms with Crippen LogP contribution < -0.4 is 5.32 Å². The number of hydrogen-bond donors (Lipinski definition) is 2. The number of benzene rings is 1. The molecule has 8 heteroatoms. The predicted octanol–water partition coefficient (Wildman–Crippen LogP) is 3.50. The van der Waals surface area contributed by atoms with E-state index in [0.717, 1.165) is 5.69 Å². The number of nitrogens with zero attached hydrogens (tertiary/aromatic N) is 1. The lowest BCUT2D eigenvalue weighted by molar-refractivity contribution is -0.148. The van der Waals surface area contributed by atoms with E-state index in [0.29, 0.717) is 48.4 Å². The largest absolute Gasteiger partial charge is 0.457 e. The molecule has 1 aliphatic heterocycles. The van der Waals surface area contributed by atoms with Crippen molar-refractivity contribution in [2.75, 3.05) is 25.0 Å². The van der Waals surface area contributed by atoms with E-state index < -0.39 is 5.97 Å². The summed E-state index contributed by atoms with van der Waals surface area (Å²) in [6.07, 6.45) is 0.953. The SMILES string of the molecule is CC(=O)c1c(C)[nH]c(C(=O)COC(=O)C2CCN(C(=O)Nc3ccccc3)CC2)c1C. The summed E-state index contributed by atoms with van der Waals surface area (Å²) in [6, 6.07) is 8.98. The van der Waals surface area contributed by atoms with Crippen LogP contribution in [0.1, 0.15) is 51.9 Å². The molecule has 2 heterocycles. The Morgan fingerprint density at radius 2 is 1.74 bits per heavy atom. The molecular formula is C23H27N3O5. The lowest BCUT2D eigenvalue weighted by atomic mass is 9.97. The summed E-state index contributed by atoms with van der Waals surface area (Å²) in [7, 11) is 0. The van der Waals surface area contributed by atoms with Crippen molar-refractivity contribution in [1.29, 1.82) is 0 Å². The fraction of sp³-hybridized carbons (Fsp3) is 0.391. The van der Waals surface area contributed by atoms with Crippen LogP contribution in [0.25, 0.3) is 0 Å². The average molecular weight is 425 g/mol. The maximum Gasteiger partial charge on any atom is 0.321 e. The number of piperidine rings is 1. The van der Waals surface area contributed by atoms with Crippen LogP contribution in [-0.4, -0.2) is 53.1 Å². The van der Waals surface area contributed by atoms with Gasteiger partial charge in [0.25, 0.3) is 0 Å². The molecule has 0 saturated carbocycles. The van der Waals surface area contributed by atoms with E-state index in [1.807, 2.05) is 30.3 Å². The minimum atomic E-state index is -0.441.